The number of fused-ring (bicyclic) bond motifs is 1. The largest absolute Gasteiger partial charge is 0.480 e. The smallest absolute Gasteiger partial charge is 0.324 e. The Balaban J connectivity index is 1.66. The number of ether oxygens (including phenoxy) is 1. The third-order valence-corrected chi connectivity index (χ3v) is 7.11. The summed E-state index contributed by atoms with van der Waals surface area (Å²) < 4.78 is 34.3. The van der Waals surface area contributed by atoms with Gasteiger partial charge in [-0.3, -0.25) is 14.6 Å². The standard InChI is InChI=1S/C25H25F2NO4/c1-14-20(21-15(2)32-23(31)25(21,22(29)30)13-24(14,3)27)10-9-19-8-7-17(12-28-19)16-5-4-6-18(26)11-16/h4-12,14-15,20-21H,13H2,1-3H3,(H,29,30)/b10-9+/t14-,15+,20-,21-,24?,25+/m0/s1. The van der Waals surface area contributed by atoms with Crippen LogP contribution in [0, 0.1) is 29.0 Å². The number of aliphatic carboxylic acids is 1. The lowest BCUT2D eigenvalue weighted by Gasteiger charge is -2.48. The Morgan fingerprint density at radius 1 is 1.25 bits per heavy atom. The molecule has 7 heteroatoms. The molecule has 1 aliphatic carbocycles. The first-order chi connectivity index (χ1) is 15.1. The number of rotatable bonds is 4. The summed E-state index contributed by atoms with van der Waals surface area (Å²) in [6.07, 6.45) is 4.02. The van der Waals surface area contributed by atoms with Crippen LogP contribution in [0.2, 0.25) is 0 Å². The van der Waals surface area contributed by atoms with E-state index >= 15 is 4.39 Å². The van der Waals surface area contributed by atoms with E-state index in [0.29, 0.717) is 11.3 Å². The maximum atomic E-state index is 15.5. The second-order valence-corrected chi connectivity index (χ2v) is 9.07. The average Bonchev–Trinajstić information content (AvgIpc) is 2.99. The number of cyclic esters (lactones) is 1. The maximum absolute atomic E-state index is 15.5. The number of carbonyl (C=O) groups is 2. The molecule has 1 N–H and O–H groups in total. The molecule has 1 saturated carbocycles. The van der Waals surface area contributed by atoms with Crippen molar-refractivity contribution in [2.45, 2.75) is 39.0 Å². The Kier molecular flexibility index (Phi) is 5.39. The highest BCUT2D eigenvalue weighted by Crippen LogP contribution is 2.58. The van der Waals surface area contributed by atoms with E-state index in [9.17, 15) is 19.1 Å². The van der Waals surface area contributed by atoms with Crippen molar-refractivity contribution in [1.82, 2.24) is 4.98 Å². The fourth-order valence-corrected chi connectivity index (χ4v) is 5.28. The minimum atomic E-state index is -1.90. The van der Waals surface area contributed by atoms with Gasteiger partial charge >= 0.3 is 11.9 Å². The van der Waals surface area contributed by atoms with Crippen LogP contribution in [0.4, 0.5) is 8.78 Å². The highest BCUT2D eigenvalue weighted by Gasteiger charge is 2.70. The highest BCUT2D eigenvalue weighted by atomic mass is 19.1. The maximum Gasteiger partial charge on any atom is 0.324 e. The SMILES string of the molecule is C[C@H]1OC(=O)[C@]2(C(=O)O)CC(C)(F)[C@@H](C)[C@H](/C=C/c3ccc(-c4cccc(F)c4)cn3)[C@H]12. The number of carbonyl (C=O) groups excluding carboxylic acids is 1. The molecule has 0 amide bonds. The molecule has 32 heavy (non-hydrogen) atoms. The lowest BCUT2D eigenvalue weighted by molar-refractivity contribution is -0.172. The van der Waals surface area contributed by atoms with Crippen LogP contribution in [-0.2, 0) is 14.3 Å². The molecule has 5 nitrogen and oxygen atoms in total. The van der Waals surface area contributed by atoms with Crippen molar-refractivity contribution in [3.8, 4) is 11.1 Å². The number of pyridine rings is 1. The summed E-state index contributed by atoms with van der Waals surface area (Å²) in [6.45, 7) is 4.74. The van der Waals surface area contributed by atoms with E-state index in [1.165, 1.54) is 19.1 Å². The van der Waals surface area contributed by atoms with Gasteiger partial charge in [-0.25, -0.2) is 8.78 Å². The van der Waals surface area contributed by atoms with Gasteiger partial charge in [0.1, 0.15) is 17.6 Å². The molecule has 0 radical (unpaired) electrons. The molecule has 1 aliphatic heterocycles. The molecule has 1 aromatic carbocycles. The third-order valence-electron chi connectivity index (χ3n) is 7.11. The van der Waals surface area contributed by atoms with Crippen molar-refractivity contribution < 1.29 is 28.2 Å². The van der Waals surface area contributed by atoms with Gasteiger partial charge in [-0.2, -0.15) is 0 Å². The molecule has 1 unspecified atom stereocenters. The minimum absolute atomic E-state index is 0.337. The fourth-order valence-electron chi connectivity index (χ4n) is 5.28. The van der Waals surface area contributed by atoms with E-state index in [4.69, 9.17) is 4.74 Å². The van der Waals surface area contributed by atoms with Crippen LogP contribution >= 0.6 is 0 Å². The number of hydrogen-bond acceptors (Lipinski definition) is 4. The quantitative estimate of drug-likeness (QED) is 0.539. The summed E-state index contributed by atoms with van der Waals surface area (Å²) in [5.74, 6) is -4.30. The van der Waals surface area contributed by atoms with Crippen LogP contribution in [0.3, 0.4) is 0 Å². The Morgan fingerprint density at radius 2 is 2.00 bits per heavy atom. The average molecular weight is 441 g/mol. The zero-order valence-corrected chi connectivity index (χ0v) is 18.1. The van der Waals surface area contributed by atoms with Crippen LogP contribution in [0.1, 0.15) is 32.9 Å². The molecule has 2 heterocycles. The molecule has 6 atom stereocenters. The number of hydrogen-bond donors (Lipinski definition) is 1. The number of carboxylic acid groups (broad SMARTS) is 1. The lowest BCUT2D eigenvalue weighted by atomic mass is 9.54. The van der Waals surface area contributed by atoms with Crippen LogP contribution in [0.25, 0.3) is 17.2 Å². The fraction of sp³-hybridized carbons (Fsp3) is 0.400. The summed E-state index contributed by atoms with van der Waals surface area (Å²) in [6, 6.07) is 9.75. The number of esters is 1. The van der Waals surface area contributed by atoms with E-state index in [0.717, 1.165) is 5.56 Å². The van der Waals surface area contributed by atoms with Gasteiger partial charge in [0.25, 0.3) is 0 Å². The van der Waals surface area contributed by atoms with Gasteiger partial charge < -0.3 is 9.84 Å². The summed E-state index contributed by atoms with van der Waals surface area (Å²) >= 11 is 0. The lowest BCUT2D eigenvalue weighted by Crippen LogP contribution is -2.57. The summed E-state index contributed by atoms with van der Waals surface area (Å²) in [5.41, 5.74) is -1.73. The van der Waals surface area contributed by atoms with Gasteiger partial charge in [0.15, 0.2) is 5.41 Å². The molecule has 1 saturated heterocycles. The number of aromatic nitrogens is 1. The summed E-state index contributed by atoms with van der Waals surface area (Å²) in [4.78, 5) is 29.1. The van der Waals surface area contributed by atoms with E-state index in [1.54, 1.807) is 56.5 Å². The highest BCUT2D eigenvalue weighted by molar-refractivity contribution is 6.01. The second kappa shape index (κ2) is 7.80. The Bertz CT molecular complexity index is 1080. The van der Waals surface area contributed by atoms with Crippen molar-refractivity contribution >= 4 is 18.0 Å². The van der Waals surface area contributed by atoms with E-state index in [1.807, 2.05) is 0 Å². The Morgan fingerprint density at radius 3 is 2.62 bits per heavy atom. The van der Waals surface area contributed by atoms with Crippen molar-refractivity contribution in [3.05, 3.63) is 60.2 Å². The number of benzene rings is 1. The molecule has 2 aromatic rings. The number of halogens is 2. The first kappa shape index (κ1) is 22.1. The normalized spacial score (nSPS) is 34.3. The zero-order valence-electron chi connectivity index (χ0n) is 18.1. The number of carboxylic acids is 1. The number of nitrogens with zero attached hydrogens (tertiary/aromatic N) is 1. The van der Waals surface area contributed by atoms with Crippen LogP contribution in [0.15, 0.2) is 48.7 Å². The predicted octanol–water partition coefficient (Wildman–Crippen LogP) is 4.92. The minimum Gasteiger partial charge on any atom is -0.480 e. The number of alkyl halides is 1. The molecule has 2 fully saturated rings. The summed E-state index contributed by atoms with van der Waals surface area (Å²) in [5, 5.41) is 9.94. The molecule has 0 spiro atoms. The van der Waals surface area contributed by atoms with Gasteiger partial charge in [0.05, 0.1) is 5.69 Å². The van der Waals surface area contributed by atoms with Crippen LogP contribution < -0.4 is 0 Å². The van der Waals surface area contributed by atoms with E-state index in [-0.39, 0.29) is 5.82 Å². The van der Waals surface area contributed by atoms with Crippen molar-refractivity contribution in [1.29, 1.82) is 0 Å². The number of allylic oxidation sites excluding steroid dienone is 1. The van der Waals surface area contributed by atoms with E-state index < -0.39 is 53.3 Å². The molecule has 2 aliphatic rings. The van der Waals surface area contributed by atoms with Crippen molar-refractivity contribution in [2.75, 3.05) is 0 Å². The van der Waals surface area contributed by atoms with Crippen molar-refractivity contribution in [3.63, 3.8) is 0 Å². The van der Waals surface area contributed by atoms with Crippen LogP contribution in [-0.4, -0.2) is 33.8 Å². The Labute approximate surface area is 185 Å². The first-order valence-electron chi connectivity index (χ1n) is 10.6. The molecular formula is C25H25F2NO4. The molecular weight excluding hydrogens is 416 g/mol. The molecule has 1 aromatic heterocycles. The van der Waals surface area contributed by atoms with Crippen molar-refractivity contribution in [2.24, 2.45) is 23.2 Å². The molecule has 168 valence electrons. The monoisotopic (exact) mass is 441 g/mol. The summed E-state index contributed by atoms with van der Waals surface area (Å²) in [7, 11) is 0. The predicted molar refractivity (Wildman–Crippen MR) is 115 cm³/mol. The van der Waals surface area contributed by atoms with Gasteiger partial charge in [0.2, 0.25) is 0 Å². The van der Waals surface area contributed by atoms with Crippen LogP contribution in [0.5, 0.6) is 0 Å². The molecule has 4 rings (SSSR count). The zero-order chi connectivity index (χ0) is 23.3. The van der Waals surface area contributed by atoms with Gasteiger partial charge in [0, 0.05) is 24.1 Å². The third kappa shape index (κ3) is 3.49. The topological polar surface area (TPSA) is 76.5 Å². The van der Waals surface area contributed by atoms with Gasteiger partial charge in [-0.1, -0.05) is 31.2 Å². The Hall–Kier alpha value is -3.09. The first-order valence-corrected chi connectivity index (χ1v) is 10.6. The second-order valence-electron chi connectivity index (χ2n) is 9.07. The van der Waals surface area contributed by atoms with E-state index in [2.05, 4.69) is 4.98 Å². The van der Waals surface area contributed by atoms with Gasteiger partial charge in [-0.15, -0.1) is 0 Å². The van der Waals surface area contributed by atoms with Gasteiger partial charge in [-0.05, 0) is 55.5 Å². The molecule has 0 bridgehead atoms.